The molecule has 0 saturated heterocycles. The second-order valence-electron chi connectivity index (χ2n) is 4.29. The molecule has 0 aromatic heterocycles. The molecule has 0 aliphatic heterocycles. The van der Waals surface area contributed by atoms with Gasteiger partial charge in [0.25, 0.3) is 5.92 Å². The van der Waals surface area contributed by atoms with Gasteiger partial charge < -0.3 is 0 Å². The van der Waals surface area contributed by atoms with Gasteiger partial charge in [-0.3, -0.25) is 0 Å². The highest BCUT2D eigenvalue weighted by Gasteiger charge is 2.64. The van der Waals surface area contributed by atoms with Crippen LogP contribution in [0.15, 0.2) is 0 Å². The van der Waals surface area contributed by atoms with E-state index in [1.54, 1.807) is 0 Å². The minimum absolute atomic E-state index is 0.0886. The van der Waals surface area contributed by atoms with Gasteiger partial charge >= 0.3 is 6.18 Å². The summed E-state index contributed by atoms with van der Waals surface area (Å²) in [5.41, 5.74) is -1.66. The van der Waals surface area contributed by atoms with Crippen LogP contribution in [0.5, 0.6) is 0 Å². The van der Waals surface area contributed by atoms with Crippen molar-refractivity contribution < 1.29 is 22.0 Å². The molecule has 81 valence electrons. The lowest BCUT2D eigenvalue weighted by Crippen LogP contribution is -2.24. The fraction of sp³-hybridized carbons (Fsp3) is 0.889. The molecule has 2 aliphatic carbocycles. The first-order valence-electron chi connectivity index (χ1n) is 4.55. The molecule has 0 N–H and O–H groups in total. The summed E-state index contributed by atoms with van der Waals surface area (Å²) in [6.45, 7) is 0. The van der Waals surface area contributed by atoms with Crippen LogP contribution in [0.2, 0.25) is 0 Å². The van der Waals surface area contributed by atoms with Crippen LogP contribution in [0.25, 0.3) is 0 Å². The molecule has 5 heteroatoms. The van der Waals surface area contributed by atoms with Gasteiger partial charge in [0.05, 0.1) is 5.41 Å². The van der Waals surface area contributed by atoms with E-state index in [0.717, 1.165) is 6.42 Å². The van der Waals surface area contributed by atoms with E-state index in [1.165, 1.54) is 0 Å². The lowest BCUT2D eigenvalue weighted by atomic mass is 9.98. The maximum absolute atomic E-state index is 12.4. The third-order valence-electron chi connectivity index (χ3n) is 3.12. The van der Waals surface area contributed by atoms with Crippen LogP contribution in [0.4, 0.5) is 22.0 Å². The highest BCUT2D eigenvalue weighted by Crippen LogP contribution is 2.62. The smallest absolute Gasteiger partial charge is 0.207 e. The van der Waals surface area contributed by atoms with E-state index in [0.29, 0.717) is 0 Å². The molecule has 0 spiro atoms. The summed E-state index contributed by atoms with van der Waals surface area (Å²) in [5.74, 6) is -3.65. The molecule has 0 aromatic carbocycles. The number of hydrogen-bond donors (Lipinski definition) is 0. The zero-order valence-electron chi connectivity index (χ0n) is 7.37. The Morgan fingerprint density at radius 1 is 1.21 bits per heavy atom. The standard InChI is InChI=1S/C9H10F5/c10-8(11)5-6(8)1-2-7(3-4-7)9(12,13)14/h1,6H,2-5H2. The summed E-state index contributed by atoms with van der Waals surface area (Å²) in [6, 6.07) is 0. The first-order chi connectivity index (χ1) is 6.27. The molecule has 2 aliphatic rings. The van der Waals surface area contributed by atoms with Crippen molar-refractivity contribution in [2.24, 2.45) is 11.3 Å². The topological polar surface area (TPSA) is 0 Å². The Labute approximate surface area is 78.5 Å². The second kappa shape index (κ2) is 2.61. The SMILES string of the molecule is FC1(F)CC1[CH]CC1(C(F)(F)F)CC1. The van der Waals surface area contributed by atoms with E-state index in [9.17, 15) is 22.0 Å². The fourth-order valence-corrected chi connectivity index (χ4v) is 1.61. The molecule has 0 nitrogen and oxygen atoms in total. The number of halogens is 5. The van der Waals surface area contributed by atoms with Crippen LogP contribution < -0.4 is 0 Å². The maximum atomic E-state index is 12.4. The summed E-state index contributed by atoms with van der Waals surface area (Å²) in [6.07, 6.45) is -3.41. The number of rotatable bonds is 3. The van der Waals surface area contributed by atoms with Gasteiger partial charge in [-0.15, -0.1) is 0 Å². The molecule has 1 radical (unpaired) electrons. The summed E-state index contributed by atoms with van der Waals surface area (Å²) in [4.78, 5) is 0. The average molecular weight is 213 g/mol. The van der Waals surface area contributed by atoms with Crippen LogP contribution in [0, 0.1) is 17.8 Å². The third-order valence-corrected chi connectivity index (χ3v) is 3.12. The molecule has 0 heterocycles. The Morgan fingerprint density at radius 3 is 2.00 bits per heavy atom. The first kappa shape index (κ1) is 10.2. The van der Waals surface area contributed by atoms with Crippen molar-refractivity contribution in [1.29, 1.82) is 0 Å². The molecule has 2 saturated carbocycles. The van der Waals surface area contributed by atoms with Crippen molar-refractivity contribution in [2.75, 3.05) is 0 Å². The zero-order chi connectivity index (χ0) is 10.6. The van der Waals surface area contributed by atoms with Gasteiger partial charge in [0, 0.05) is 12.3 Å². The van der Waals surface area contributed by atoms with Gasteiger partial charge in [-0.2, -0.15) is 13.2 Å². The van der Waals surface area contributed by atoms with Crippen LogP contribution in [0.1, 0.15) is 25.7 Å². The summed E-state index contributed by atoms with van der Waals surface area (Å²) >= 11 is 0. The van der Waals surface area contributed by atoms with E-state index in [-0.39, 0.29) is 25.7 Å². The van der Waals surface area contributed by atoms with Crippen LogP contribution >= 0.6 is 0 Å². The first-order valence-corrected chi connectivity index (χ1v) is 4.55. The predicted molar refractivity (Wildman–Crippen MR) is 39.7 cm³/mol. The highest BCUT2D eigenvalue weighted by atomic mass is 19.4. The molecule has 1 unspecified atom stereocenters. The van der Waals surface area contributed by atoms with E-state index in [1.807, 2.05) is 0 Å². The summed E-state index contributed by atoms with van der Waals surface area (Å²) in [5, 5.41) is 0. The molecule has 0 amide bonds. The summed E-state index contributed by atoms with van der Waals surface area (Å²) < 4.78 is 61.8. The van der Waals surface area contributed by atoms with Crippen molar-refractivity contribution in [3.63, 3.8) is 0 Å². The summed E-state index contributed by atoms with van der Waals surface area (Å²) in [7, 11) is 0. The Balaban J connectivity index is 1.82. The van der Waals surface area contributed by atoms with Crippen molar-refractivity contribution >= 4 is 0 Å². The van der Waals surface area contributed by atoms with E-state index in [2.05, 4.69) is 0 Å². The monoisotopic (exact) mass is 213 g/mol. The van der Waals surface area contributed by atoms with Gasteiger partial charge in [0.15, 0.2) is 0 Å². The van der Waals surface area contributed by atoms with Gasteiger partial charge in [-0.05, 0) is 25.7 Å². The van der Waals surface area contributed by atoms with Crippen molar-refractivity contribution in [1.82, 2.24) is 0 Å². The van der Waals surface area contributed by atoms with Gasteiger partial charge in [0.2, 0.25) is 0 Å². The van der Waals surface area contributed by atoms with Crippen molar-refractivity contribution in [2.45, 2.75) is 37.8 Å². The normalized spacial score (nSPS) is 32.8. The maximum Gasteiger partial charge on any atom is 0.394 e. The minimum Gasteiger partial charge on any atom is -0.207 e. The minimum atomic E-state index is -4.23. The lowest BCUT2D eigenvalue weighted by molar-refractivity contribution is -0.187. The highest BCUT2D eigenvalue weighted by molar-refractivity contribution is 5.09. The van der Waals surface area contributed by atoms with E-state index in [4.69, 9.17) is 0 Å². The quantitative estimate of drug-likeness (QED) is 0.628. The molecule has 1 atom stereocenters. The van der Waals surface area contributed by atoms with E-state index < -0.39 is 23.4 Å². The second-order valence-corrected chi connectivity index (χ2v) is 4.29. The fourth-order valence-electron chi connectivity index (χ4n) is 1.61. The Hall–Kier alpha value is -0.350. The Kier molecular flexibility index (Phi) is 1.90. The van der Waals surface area contributed by atoms with Gasteiger partial charge in [-0.25, -0.2) is 8.78 Å². The molecule has 2 fully saturated rings. The molecular formula is C9H10F5. The zero-order valence-corrected chi connectivity index (χ0v) is 7.37. The molecule has 14 heavy (non-hydrogen) atoms. The van der Waals surface area contributed by atoms with Gasteiger partial charge in [-0.1, -0.05) is 0 Å². The Morgan fingerprint density at radius 2 is 1.71 bits per heavy atom. The molecule has 0 bridgehead atoms. The molecular weight excluding hydrogens is 203 g/mol. The molecule has 2 rings (SSSR count). The number of hydrogen-bond acceptors (Lipinski definition) is 0. The van der Waals surface area contributed by atoms with Crippen LogP contribution in [0.3, 0.4) is 0 Å². The van der Waals surface area contributed by atoms with Crippen molar-refractivity contribution in [3.05, 3.63) is 6.42 Å². The average Bonchev–Trinajstić information content (AvgIpc) is 2.82. The predicted octanol–water partition coefficient (Wildman–Crippen LogP) is 3.58. The Bertz CT molecular complexity index is 238. The lowest BCUT2D eigenvalue weighted by Gasteiger charge is -2.18. The largest absolute Gasteiger partial charge is 0.394 e. The van der Waals surface area contributed by atoms with Crippen LogP contribution in [-0.4, -0.2) is 12.1 Å². The van der Waals surface area contributed by atoms with Crippen molar-refractivity contribution in [3.8, 4) is 0 Å². The van der Waals surface area contributed by atoms with Gasteiger partial charge in [0.1, 0.15) is 0 Å². The molecule has 0 aromatic rings. The third kappa shape index (κ3) is 1.61. The van der Waals surface area contributed by atoms with E-state index >= 15 is 0 Å². The number of alkyl halides is 5. The van der Waals surface area contributed by atoms with Crippen LogP contribution in [-0.2, 0) is 0 Å².